The topological polar surface area (TPSA) is 73.4 Å². The van der Waals surface area contributed by atoms with E-state index >= 15 is 0 Å². The first-order valence-electron chi connectivity index (χ1n) is 11.8. The second kappa shape index (κ2) is 11.7. The summed E-state index contributed by atoms with van der Waals surface area (Å²) in [5.41, 5.74) is 2.71. The summed E-state index contributed by atoms with van der Waals surface area (Å²) in [5, 5.41) is 6.22. The fraction of sp³-hybridized carbons (Fsp3) is 0.346. The van der Waals surface area contributed by atoms with E-state index in [1.54, 1.807) is 30.3 Å². The Morgan fingerprint density at radius 3 is 2.41 bits per heavy atom. The number of nitrogens with one attached hydrogen (secondary N) is 2. The van der Waals surface area contributed by atoms with Crippen LogP contribution >= 0.6 is 0 Å². The molecule has 0 aliphatic carbocycles. The van der Waals surface area contributed by atoms with Crippen molar-refractivity contribution in [1.82, 2.24) is 25.1 Å². The fourth-order valence-corrected chi connectivity index (χ4v) is 4.07. The number of nitrogens with zero attached hydrogens (tertiary/aromatic N) is 4. The number of aromatic nitrogens is 2. The molecule has 7 nitrogen and oxygen atoms in total. The second-order valence-corrected chi connectivity index (χ2v) is 8.44. The molecule has 2 heterocycles. The normalized spacial score (nSPS) is 14.6. The molecule has 8 heteroatoms. The molecular weight excluding hydrogens is 431 g/mol. The van der Waals surface area contributed by atoms with E-state index < -0.39 is 0 Å². The molecule has 1 aliphatic rings. The van der Waals surface area contributed by atoms with Gasteiger partial charge < -0.3 is 15.5 Å². The Labute approximate surface area is 200 Å². The monoisotopic (exact) mass is 462 g/mol. The van der Waals surface area contributed by atoms with Crippen LogP contribution in [-0.2, 0) is 0 Å². The molecular formula is C26H31FN6O. The van der Waals surface area contributed by atoms with Crippen molar-refractivity contribution in [2.45, 2.75) is 13.3 Å². The molecule has 1 saturated heterocycles. The Balaban J connectivity index is 1.26. The first kappa shape index (κ1) is 23.8. The van der Waals surface area contributed by atoms with Crippen molar-refractivity contribution in [3.63, 3.8) is 0 Å². The zero-order valence-corrected chi connectivity index (χ0v) is 19.5. The van der Waals surface area contributed by atoms with E-state index in [0.717, 1.165) is 38.4 Å². The minimum absolute atomic E-state index is 0.0772. The van der Waals surface area contributed by atoms with Gasteiger partial charge in [-0.1, -0.05) is 19.1 Å². The molecule has 4 rings (SSSR count). The van der Waals surface area contributed by atoms with Gasteiger partial charge in [-0.25, -0.2) is 14.4 Å². The van der Waals surface area contributed by atoms with E-state index in [2.05, 4.69) is 37.3 Å². The number of halogens is 1. The molecule has 178 valence electrons. The average Bonchev–Trinajstić information content (AvgIpc) is 2.86. The Morgan fingerprint density at radius 1 is 0.971 bits per heavy atom. The molecule has 0 saturated carbocycles. The van der Waals surface area contributed by atoms with Gasteiger partial charge in [0.2, 0.25) is 0 Å². The van der Waals surface area contributed by atoms with E-state index in [9.17, 15) is 9.18 Å². The van der Waals surface area contributed by atoms with Gasteiger partial charge >= 0.3 is 0 Å². The highest BCUT2D eigenvalue weighted by Gasteiger charge is 2.16. The molecule has 0 spiro atoms. The third-order valence-electron chi connectivity index (χ3n) is 5.93. The summed E-state index contributed by atoms with van der Waals surface area (Å²) in [6, 6.07) is 15.3. The van der Waals surface area contributed by atoms with Crippen LogP contribution in [-0.4, -0.2) is 71.5 Å². The van der Waals surface area contributed by atoms with Crippen LogP contribution in [0, 0.1) is 5.82 Å². The largest absolute Gasteiger partial charge is 0.351 e. The van der Waals surface area contributed by atoms with Gasteiger partial charge in [-0.05, 0) is 49.4 Å². The third-order valence-corrected chi connectivity index (χ3v) is 5.93. The van der Waals surface area contributed by atoms with Crippen molar-refractivity contribution < 1.29 is 9.18 Å². The van der Waals surface area contributed by atoms with Crippen LogP contribution in [0.25, 0.3) is 11.3 Å². The number of amides is 1. The molecule has 0 unspecified atom stereocenters. The lowest BCUT2D eigenvalue weighted by molar-refractivity contribution is 0.0936. The van der Waals surface area contributed by atoms with Crippen molar-refractivity contribution in [1.29, 1.82) is 0 Å². The maximum atomic E-state index is 13.5. The highest BCUT2D eigenvalue weighted by atomic mass is 19.1. The SMILES string of the molecule is CCCN1CCN(CCNC(=O)c2ccc(Nc3cc(-c4cccc(F)c4)ncn3)cc2)CC1. The van der Waals surface area contributed by atoms with Crippen molar-refractivity contribution in [3.8, 4) is 11.3 Å². The second-order valence-electron chi connectivity index (χ2n) is 8.44. The average molecular weight is 463 g/mol. The van der Waals surface area contributed by atoms with Crippen LogP contribution in [0.15, 0.2) is 60.9 Å². The smallest absolute Gasteiger partial charge is 0.251 e. The maximum absolute atomic E-state index is 13.5. The summed E-state index contributed by atoms with van der Waals surface area (Å²) < 4.78 is 13.5. The van der Waals surface area contributed by atoms with Crippen LogP contribution in [0.2, 0.25) is 0 Å². The summed E-state index contributed by atoms with van der Waals surface area (Å²) >= 11 is 0. The van der Waals surface area contributed by atoms with Gasteiger partial charge in [0, 0.05) is 62.1 Å². The summed E-state index contributed by atoms with van der Waals surface area (Å²) in [5.74, 6) is 0.200. The van der Waals surface area contributed by atoms with Gasteiger partial charge in [0.1, 0.15) is 18.0 Å². The molecule has 0 radical (unpaired) electrons. The number of carbonyl (C=O) groups excluding carboxylic acids is 1. The first-order chi connectivity index (χ1) is 16.6. The van der Waals surface area contributed by atoms with Gasteiger partial charge in [0.25, 0.3) is 5.91 Å². The summed E-state index contributed by atoms with van der Waals surface area (Å²) in [6.45, 7) is 9.20. The van der Waals surface area contributed by atoms with Crippen molar-refractivity contribution in [2.75, 3.05) is 51.1 Å². The van der Waals surface area contributed by atoms with Crippen molar-refractivity contribution >= 4 is 17.4 Å². The Hall–Kier alpha value is -3.36. The minimum Gasteiger partial charge on any atom is -0.351 e. The number of benzene rings is 2. The zero-order chi connectivity index (χ0) is 23.8. The molecule has 1 fully saturated rings. The number of rotatable bonds is 9. The van der Waals surface area contributed by atoms with E-state index in [1.165, 1.54) is 31.4 Å². The van der Waals surface area contributed by atoms with Crippen LogP contribution in [0.4, 0.5) is 15.9 Å². The van der Waals surface area contributed by atoms with E-state index in [0.29, 0.717) is 29.2 Å². The van der Waals surface area contributed by atoms with Crippen molar-refractivity contribution in [2.24, 2.45) is 0 Å². The molecule has 0 atom stereocenters. The number of anilines is 2. The van der Waals surface area contributed by atoms with Gasteiger partial charge in [-0.3, -0.25) is 9.69 Å². The Kier molecular flexibility index (Phi) is 8.17. The number of hydrogen-bond donors (Lipinski definition) is 2. The predicted molar refractivity (Wildman–Crippen MR) is 133 cm³/mol. The molecule has 2 aromatic carbocycles. The summed E-state index contributed by atoms with van der Waals surface area (Å²) in [6.07, 6.45) is 2.63. The number of hydrogen-bond acceptors (Lipinski definition) is 6. The Morgan fingerprint density at radius 2 is 1.71 bits per heavy atom. The summed E-state index contributed by atoms with van der Waals surface area (Å²) in [7, 11) is 0. The third kappa shape index (κ3) is 6.59. The van der Waals surface area contributed by atoms with Gasteiger partial charge in [-0.15, -0.1) is 0 Å². The molecule has 0 bridgehead atoms. The highest BCUT2D eigenvalue weighted by molar-refractivity contribution is 5.94. The first-order valence-corrected chi connectivity index (χ1v) is 11.8. The maximum Gasteiger partial charge on any atom is 0.251 e. The fourth-order valence-electron chi connectivity index (χ4n) is 4.07. The van der Waals surface area contributed by atoms with Gasteiger partial charge in [0.15, 0.2) is 0 Å². The molecule has 34 heavy (non-hydrogen) atoms. The van der Waals surface area contributed by atoms with Crippen LogP contribution in [0.1, 0.15) is 23.7 Å². The minimum atomic E-state index is -0.311. The zero-order valence-electron chi connectivity index (χ0n) is 19.5. The molecule has 1 aromatic heterocycles. The van der Waals surface area contributed by atoms with E-state index in [-0.39, 0.29) is 11.7 Å². The van der Waals surface area contributed by atoms with Gasteiger partial charge in [0.05, 0.1) is 5.69 Å². The van der Waals surface area contributed by atoms with Crippen LogP contribution in [0.5, 0.6) is 0 Å². The lowest BCUT2D eigenvalue weighted by Crippen LogP contribution is -2.48. The molecule has 1 aliphatic heterocycles. The van der Waals surface area contributed by atoms with Gasteiger partial charge in [-0.2, -0.15) is 0 Å². The van der Waals surface area contributed by atoms with E-state index in [1.807, 2.05) is 12.1 Å². The Bertz CT molecular complexity index is 1080. The van der Waals surface area contributed by atoms with Crippen LogP contribution in [0.3, 0.4) is 0 Å². The molecule has 1 amide bonds. The standard InChI is InChI=1S/C26H31FN6O/c1-2-11-32-13-15-33(16-14-32)12-10-28-26(34)20-6-8-23(9-7-20)31-25-18-24(29-19-30-25)21-4-3-5-22(27)17-21/h3-9,17-19H,2,10-16H2,1H3,(H,28,34)(H,29,30,31). The number of piperazine rings is 1. The highest BCUT2D eigenvalue weighted by Crippen LogP contribution is 2.22. The quantitative estimate of drug-likeness (QED) is 0.504. The van der Waals surface area contributed by atoms with E-state index in [4.69, 9.17) is 0 Å². The molecule has 2 N–H and O–H groups in total. The molecule has 3 aromatic rings. The number of carbonyl (C=O) groups is 1. The lowest BCUT2D eigenvalue weighted by Gasteiger charge is -2.34. The lowest BCUT2D eigenvalue weighted by atomic mass is 10.1. The van der Waals surface area contributed by atoms with Crippen LogP contribution < -0.4 is 10.6 Å². The summed E-state index contributed by atoms with van der Waals surface area (Å²) in [4.78, 5) is 25.9. The predicted octanol–water partition coefficient (Wildman–Crippen LogP) is 3.78. The van der Waals surface area contributed by atoms with Crippen molar-refractivity contribution in [3.05, 3.63) is 72.3 Å².